The van der Waals surface area contributed by atoms with Gasteiger partial charge in [0.1, 0.15) is 6.07 Å². The Kier molecular flexibility index (Phi) is 1.31. The van der Waals surface area contributed by atoms with Crippen LogP contribution in [0.15, 0.2) is 18.5 Å². The van der Waals surface area contributed by atoms with E-state index >= 15 is 0 Å². The molecule has 0 aliphatic heterocycles. The van der Waals surface area contributed by atoms with E-state index in [-0.39, 0.29) is 5.69 Å². The number of nitrogens with one attached hydrogen (secondary N) is 1. The summed E-state index contributed by atoms with van der Waals surface area (Å²) < 4.78 is 12.9. The standard InChI is InChI=1S/C8H4FN3/c9-6-4-12-7(3-10)8-5(6)1-2-11-8/h1-2,4,11H. The Morgan fingerprint density at radius 2 is 2.42 bits per heavy atom. The van der Waals surface area contributed by atoms with E-state index in [0.29, 0.717) is 10.9 Å². The molecule has 0 aliphatic rings. The van der Waals surface area contributed by atoms with Gasteiger partial charge in [0, 0.05) is 11.6 Å². The van der Waals surface area contributed by atoms with Gasteiger partial charge in [-0.05, 0) is 6.07 Å². The molecule has 0 spiro atoms. The van der Waals surface area contributed by atoms with Crippen LogP contribution in [-0.2, 0) is 0 Å². The van der Waals surface area contributed by atoms with Gasteiger partial charge in [-0.25, -0.2) is 9.37 Å². The Labute approximate surface area is 67.5 Å². The second-order valence-corrected chi connectivity index (χ2v) is 2.33. The number of nitriles is 1. The first-order valence-electron chi connectivity index (χ1n) is 3.34. The topological polar surface area (TPSA) is 52.5 Å². The average molecular weight is 161 g/mol. The van der Waals surface area contributed by atoms with Crippen molar-refractivity contribution < 1.29 is 4.39 Å². The summed E-state index contributed by atoms with van der Waals surface area (Å²) in [6.45, 7) is 0. The molecule has 1 N–H and O–H groups in total. The summed E-state index contributed by atoms with van der Waals surface area (Å²) >= 11 is 0. The van der Waals surface area contributed by atoms with Crippen LogP contribution in [0.2, 0.25) is 0 Å². The molecule has 2 aromatic heterocycles. The molecule has 0 unspecified atom stereocenters. The van der Waals surface area contributed by atoms with Crippen LogP contribution in [0.1, 0.15) is 5.69 Å². The summed E-state index contributed by atoms with van der Waals surface area (Å²) in [5.41, 5.74) is 0.675. The van der Waals surface area contributed by atoms with Crippen LogP contribution in [0.3, 0.4) is 0 Å². The van der Waals surface area contributed by atoms with E-state index in [2.05, 4.69) is 9.97 Å². The fourth-order valence-corrected chi connectivity index (χ4v) is 1.10. The van der Waals surface area contributed by atoms with Crippen molar-refractivity contribution in [1.82, 2.24) is 9.97 Å². The Balaban J connectivity index is 2.94. The van der Waals surface area contributed by atoms with Crippen molar-refractivity contribution in [3.8, 4) is 6.07 Å². The molecule has 0 radical (unpaired) electrons. The van der Waals surface area contributed by atoms with Crippen molar-refractivity contribution in [2.75, 3.05) is 0 Å². The highest BCUT2D eigenvalue weighted by molar-refractivity contribution is 5.83. The summed E-state index contributed by atoms with van der Waals surface area (Å²) in [7, 11) is 0. The number of aromatic amines is 1. The number of pyridine rings is 1. The predicted octanol–water partition coefficient (Wildman–Crippen LogP) is 1.57. The Bertz CT molecular complexity index is 467. The van der Waals surface area contributed by atoms with E-state index in [1.54, 1.807) is 12.3 Å². The summed E-state index contributed by atoms with van der Waals surface area (Å²) in [6.07, 6.45) is 2.63. The molecule has 0 aromatic carbocycles. The number of halogens is 1. The molecule has 2 aromatic rings. The molecule has 4 heteroatoms. The first kappa shape index (κ1) is 6.80. The van der Waals surface area contributed by atoms with Crippen LogP contribution < -0.4 is 0 Å². The normalized spacial score (nSPS) is 10.0. The zero-order valence-electron chi connectivity index (χ0n) is 6.00. The highest BCUT2D eigenvalue weighted by atomic mass is 19.1. The molecule has 3 nitrogen and oxygen atoms in total. The molecule has 12 heavy (non-hydrogen) atoms. The molecule has 58 valence electrons. The maximum atomic E-state index is 12.9. The number of H-pyrrole nitrogens is 1. The van der Waals surface area contributed by atoms with Crippen LogP contribution in [0.5, 0.6) is 0 Å². The predicted molar refractivity (Wildman–Crippen MR) is 40.8 cm³/mol. The third-order valence-corrected chi connectivity index (χ3v) is 1.65. The lowest BCUT2D eigenvalue weighted by molar-refractivity contribution is 0.634. The number of hydrogen-bond donors (Lipinski definition) is 1. The number of fused-ring (bicyclic) bond motifs is 1. The lowest BCUT2D eigenvalue weighted by Crippen LogP contribution is -1.86. The third-order valence-electron chi connectivity index (χ3n) is 1.65. The van der Waals surface area contributed by atoms with E-state index in [1.165, 1.54) is 0 Å². The van der Waals surface area contributed by atoms with Gasteiger partial charge in [-0.2, -0.15) is 5.26 Å². The zero-order valence-corrected chi connectivity index (χ0v) is 6.00. The van der Waals surface area contributed by atoms with Gasteiger partial charge in [-0.1, -0.05) is 0 Å². The van der Waals surface area contributed by atoms with Crippen LogP contribution in [-0.4, -0.2) is 9.97 Å². The molecule has 0 aliphatic carbocycles. The van der Waals surface area contributed by atoms with E-state index < -0.39 is 5.82 Å². The summed E-state index contributed by atoms with van der Waals surface area (Å²) in [6, 6.07) is 3.45. The van der Waals surface area contributed by atoms with Crippen LogP contribution in [0.25, 0.3) is 10.9 Å². The monoisotopic (exact) mass is 161 g/mol. The number of nitrogens with zero attached hydrogens (tertiary/aromatic N) is 2. The van der Waals surface area contributed by atoms with Crippen molar-refractivity contribution in [3.05, 3.63) is 30.0 Å². The molecule has 0 saturated heterocycles. The summed E-state index contributed by atoms with van der Waals surface area (Å²) in [5.74, 6) is -0.412. The highest BCUT2D eigenvalue weighted by Gasteiger charge is 2.06. The van der Waals surface area contributed by atoms with E-state index in [4.69, 9.17) is 5.26 Å². The summed E-state index contributed by atoms with van der Waals surface area (Å²) in [4.78, 5) is 6.38. The van der Waals surface area contributed by atoms with Crippen molar-refractivity contribution in [2.24, 2.45) is 0 Å². The molecule has 0 saturated carbocycles. The quantitative estimate of drug-likeness (QED) is 0.637. The lowest BCUT2D eigenvalue weighted by atomic mass is 10.2. The first-order chi connectivity index (χ1) is 5.83. The molecule has 2 heterocycles. The van der Waals surface area contributed by atoms with Gasteiger partial charge in [0.2, 0.25) is 0 Å². The largest absolute Gasteiger partial charge is 0.359 e. The molecular formula is C8H4FN3. The van der Waals surface area contributed by atoms with Crippen molar-refractivity contribution >= 4 is 10.9 Å². The van der Waals surface area contributed by atoms with Crippen molar-refractivity contribution in [3.63, 3.8) is 0 Å². The first-order valence-corrected chi connectivity index (χ1v) is 3.34. The minimum Gasteiger partial charge on any atom is -0.359 e. The van der Waals surface area contributed by atoms with Gasteiger partial charge >= 0.3 is 0 Å². The molecule has 0 bridgehead atoms. The molecule has 0 fully saturated rings. The second kappa shape index (κ2) is 2.31. The minimum absolute atomic E-state index is 0.219. The van der Waals surface area contributed by atoms with Gasteiger partial charge in [-0.3, -0.25) is 0 Å². The smallest absolute Gasteiger partial charge is 0.164 e. The molecular weight excluding hydrogens is 157 g/mol. The van der Waals surface area contributed by atoms with Gasteiger partial charge in [0.05, 0.1) is 11.7 Å². The SMILES string of the molecule is N#Cc1ncc(F)c2cc[nH]c12. The lowest BCUT2D eigenvalue weighted by Gasteiger charge is -1.92. The van der Waals surface area contributed by atoms with Crippen LogP contribution in [0.4, 0.5) is 4.39 Å². The van der Waals surface area contributed by atoms with Gasteiger partial charge in [0.25, 0.3) is 0 Å². The number of rotatable bonds is 0. The van der Waals surface area contributed by atoms with Gasteiger partial charge in [0.15, 0.2) is 11.5 Å². The van der Waals surface area contributed by atoms with Crippen LogP contribution in [0, 0.1) is 17.1 Å². The molecule has 0 amide bonds. The second-order valence-electron chi connectivity index (χ2n) is 2.33. The molecule has 0 atom stereocenters. The summed E-state index contributed by atoms with van der Waals surface area (Å²) in [5, 5.41) is 8.99. The highest BCUT2D eigenvalue weighted by Crippen LogP contribution is 2.17. The van der Waals surface area contributed by atoms with Crippen molar-refractivity contribution in [2.45, 2.75) is 0 Å². The number of hydrogen-bond acceptors (Lipinski definition) is 2. The van der Waals surface area contributed by atoms with E-state index in [0.717, 1.165) is 6.20 Å². The van der Waals surface area contributed by atoms with Crippen LogP contribution >= 0.6 is 0 Å². The fraction of sp³-hybridized carbons (Fsp3) is 0. The Morgan fingerprint density at radius 1 is 1.58 bits per heavy atom. The number of aromatic nitrogens is 2. The maximum Gasteiger partial charge on any atom is 0.164 e. The zero-order chi connectivity index (χ0) is 8.55. The molecule has 2 rings (SSSR count). The Hall–Kier alpha value is -1.89. The fourth-order valence-electron chi connectivity index (χ4n) is 1.10. The van der Waals surface area contributed by atoms with Crippen molar-refractivity contribution in [1.29, 1.82) is 5.26 Å². The Morgan fingerprint density at radius 3 is 3.17 bits per heavy atom. The minimum atomic E-state index is -0.412. The van der Waals surface area contributed by atoms with Gasteiger partial charge in [-0.15, -0.1) is 0 Å². The van der Waals surface area contributed by atoms with E-state index in [9.17, 15) is 4.39 Å². The third kappa shape index (κ3) is 0.768. The maximum absolute atomic E-state index is 12.9. The van der Waals surface area contributed by atoms with E-state index in [1.807, 2.05) is 6.07 Å². The van der Waals surface area contributed by atoms with Gasteiger partial charge < -0.3 is 4.98 Å². The average Bonchev–Trinajstić information content (AvgIpc) is 2.54.